The highest BCUT2D eigenvalue weighted by atomic mass is 16.5. The molecule has 226 valence electrons. The molecular formula is C31H35N11O2. The summed E-state index contributed by atoms with van der Waals surface area (Å²) in [6.45, 7) is 3.71. The molecular weight excluding hydrogens is 558 g/mol. The molecule has 0 aliphatic carbocycles. The van der Waals surface area contributed by atoms with E-state index < -0.39 is 0 Å². The molecule has 13 nitrogen and oxygen atoms in total. The summed E-state index contributed by atoms with van der Waals surface area (Å²) >= 11 is 0. The highest BCUT2D eigenvalue weighted by molar-refractivity contribution is 6.07. The monoisotopic (exact) mass is 593 g/mol. The van der Waals surface area contributed by atoms with Gasteiger partial charge in [0.05, 0.1) is 36.4 Å². The molecule has 1 fully saturated rings. The van der Waals surface area contributed by atoms with Crippen molar-refractivity contribution in [1.82, 2.24) is 44.4 Å². The number of fused-ring (bicyclic) bond motifs is 2. The number of benzene rings is 1. The van der Waals surface area contributed by atoms with Crippen molar-refractivity contribution < 1.29 is 9.53 Å². The average Bonchev–Trinajstić information content (AvgIpc) is 3.73. The maximum atomic E-state index is 13.3. The molecule has 5 aromatic rings. The van der Waals surface area contributed by atoms with Crippen molar-refractivity contribution in [2.75, 3.05) is 51.5 Å². The van der Waals surface area contributed by atoms with Crippen molar-refractivity contribution >= 4 is 39.3 Å². The number of hydrogen-bond donors (Lipinski definition) is 3. The average molecular weight is 594 g/mol. The van der Waals surface area contributed by atoms with Gasteiger partial charge in [0.25, 0.3) is 5.91 Å². The molecule has 7 rings (SSSR count). The summed E-state index contributed by atoms with van der Waals surface area (Å²) in [6.07, 6.45) is 8.95. The van der Waals surface area contributed by atoms with Crippen LogP contribution in [0.3, 0.4) is 0 Å². The number of anilines is 2. The zero-order valence-corrected chi connectivity index (χ0v) is 25.0. The first kappa shape index (κ1) is 27.7. The maximum absolute atomic E-state index is 13.3. The van der Waals surface area contributed by atoms with E-state index in [1.165, 1.54) is 12.0 Å². The largest absolute Gasteiger partial charge is 0.495 e. The quantitative estimate of drug-likeness (QED) is 0.257. The second-order valence-corrected chi connectivity index (χ2v) is 11.3. The number of piperidine rings is 1. The van der Waals surface area contributed by atoms with E-state index in [1.807, 2.05) is 46.6 Å². The van der Waals surface area contributed by atoms with E-state index in [1.54, 1.807) is 19.5 Å². The van der Waals surface area contributed by atoms with Crippen LogP contribution in [0.1, 0.15) is 29.4 Å². The van der Waals surface area contributed by atoms with Gasteiger partial charge in [-0.15, -0.1) is 0 Å². The molecule has 13 heteroatoms. The van der Waals surface area contributed by atoms with E-state index in [9.17, 15) is 4.79 Å². The highest BCUT2D eigenvalue weighted by Crippen LogP contribution is 2.37. The number of methoxy groups -OCH3 is 1. The van der Waals surface area contributed by atoms with Crippen LogP contribution >= 0.6 is 0 Å². The van der Waals surface area contributed by atoms with Crippen molar-refractivity contribution in [1.29, 1.82) is 0 Å². The zero-order valence-electron chi connectivity index (χ0n) is 25.0. The van der Waals surface area contributed by atoms with Crippen molar-refractivity contribution in [3.05, 3.63) is 66.6 Å². The van der Waals surface area contributed by atoms with E-state index in [-0.39, 0.29) is 11.9 Å². The minimum atomic E-state index is -0.249. The van der Waals surface area contributed by atoms with E-state index >= 15 is 0 Å². The molecule has 0 spiro atoms. The van der Waals surface area contributed by atoms with Crippen LogP contribution in [0.4, 0.5) is 11.5 Å². The Morgan fingerprint density at radius 2 is 2.00 bits per heavy atom. The van der Waals surface area contributed by atoms with Gasteiger partial charge in [0, 0.05) is 69.0 Å². The number of nitrogens with one attached hydrogen (secondary N) is 2. The fraction of sp³-hybridized carbons (Fsp3) is 0.323. The van der Waals surface area contributed by atoms with Crippen molar-refractivity contribution in [2.24, 2.45) is 7.05 Å². The number of aromatic nitrogens is 6. The topological polar surface area (TPSA) is 144 Å². The van der Waals surface area contributed by atoms with Crippen LogP contribution in [0.15, 0.2) is 60.9 Å². The molecule has 44 heavy (non-hydrogen) atoms. The number of aryl methyl sites for hydroxylation is 1. The van der Waals surface area contributed by atoms with Gasteiger partial charge in [-0.1, -0.05) is 6.07 Å². The molecule has 6 heterocycles. The Bertz CT molecular complexity index is 1900. The normalized spacial score (nSPS) is 16.0. The number of pyridine rings is 1. The lowest BCUT2D eigenvalue weighted by Crippen LogP contribution is -2.37. The van der Waals surface area contributed by atoms with Crippen LogP contribution in [0.25, 0.3) is 33.2 Å². The Hall–Kier alpha value is -5.17. The molecule has 0 radical (unpaired) electrons. The fourth-order valence-corrected chi connectivity index (χ4v) is 6.22. The molecule has 1 saturated heterocycles. The van der Waals surface area contributed by atoms with Gasteiger partial charge in [0.2, 0.25) is 0 Å². The smallest absolute Gasteiger partial charge is 0.272 e. The van der Waals surface area contributed by atoms with Gasteiger partial charge in [0.1, 0.15) is 29.3 Å². The number of likely N-dealkylation sites (N-methyl/N-ethyl adjacent to an activating group) is 1. The molecule has 2 aliphatic rings. The van der Waals surface area contributed by atoms with Gasteiger partial charge in [-0.3, -0.25) is 14.7 Å². The number of rotatable bonds is 7. The third kappa shape index (κ3) is 4.84. The lowest BCUT2D eigenvalue weighted by Gasteiger charge is -2.33. The summed E-state index contributed by atoms with van der Waals surface area (Å²) in [4.78, 5) is 31.1. The Morgan fingerprint density at radius 1 is 1.16 bits per heavy atom. The maximum Gasteiger partial charge on any atom is 0.272 e. The predicted molar refractivity (Wildman–Crippen MR) is 169 cm³/mol. The van der Waals surface area contributed by atoms with E-state index in [0.29, 0.717) is 34.0 Å². The van der Waals surface area contributed by atoms with Crippen molar-refractivity contribution in [3.63, 3.8) is 0 Å². The molecule has 4 aromatic heterocycles. The third-order valence-electron chi connectivity index (χ3n) is 8.69. The van der Waals surface area contributed by atoms with Gasteiger partial charge in [0.15, 0.2) is 5.65 Å². The van der Waals surface area contributed by atoms with Gasteiger partial charge in [-0.25, -0.2) is 14.6 Å². The second-order valence-electron chi connectivity index (χ2n) is 11.3. The third-order valence-corrected chi connectivity index (χ3v) is 8.69. The lowest BCUT2D eigenvalue weighted by molar-refractivity contribution is 0.101. The molecule has 1 amide bonds. The van der Waals surface area contributed by atoms with Gasteiger partial charge in [-0.05, 0) is 37.1 Å². The minimum absolute atomic E-state index is 0.182. The predicted octanol–water partition coefficient (Wildman–Crippen LogP) is 3.19. The molecule has 1 aromatic carbocycles. The Balaban J connectivity index is 1.15. The number of likely N-dealkylation sites (tertiary alicyclic amines) is 1. The molecule has 2 aliphatic heterocycles. The van der Waals surface area contributed by atoms with E-state index in [2.05, 4.69) is 48.6 Å². The van der Waals surface area contributed by atoms with Crippen LogP contribution in [0, 0.1) is 0 Å². The first-order valence-electron chi connectivity index (χ1n) is 14.6. The summed E-state index contributed by atoms with van der Waals surface area (Å²) in [7, 11) is 5.55. The Morgan fingerprint density at radius 3 is 2.75 bits per heavy atom. The highest BCUT2D eigenvalue weighted by Gasteiger charge is 2.27. The number of amides is 1. The van der Waals surface area contributed by atoms with Crippen LogP contribution in [0.5, 0.6) is 5.75 Å². The number of hydrogen-bond acceptors (Lipinski definition) is 10. The molecule has 0 unspecified atom stereocenters. The summed E-state index contributed by atoms with van der Waals surface area (Å²) < 4.78 is 9.59. The Kier molecular flexibility index (Phi) is 7.01. The fourth-order valence-electron chi connectivity index (χ4n) is 6.22. The molecule has 0 atom stereocenters. The van der Waals surface area contributed by atoms with Crippen LogP contribution in [0.2, 0.25) is 0 Å². The van der Waals surface area contributed by atoms with Crippen LogP contribution in [-0.2, 0) is 7.05 Å². The Labute approximate surface area is 254 Å². The van der Waals surface area contributed by atoms with Crippen molar-refractivity contribution in [2.45, 2.75) is 18.9 Å². The van der Waals surface area contributed by atoms with Crippen molar-refractivity contribution in [3.8, 4) is 17.0 Å². The standard InChI is InChI=1S/C31H35N11O2/c1-39-18-34-15-22(39)16-41-10-7-21(8-11-41)42-30-27(29(32)35-17-36-30)28(38-42)19-4-5-23(26(13-19)44-3)37-31(43)25-12-20-14-33-9-6-24(20)40(25)2/h4-6,9,12-15,17,21,34H,7-8,10-11,16,18H2,1-3H3,(H,37,43)(H2,32,35,36). The first-order chi connectivity index (χ1) is 21.4. The summed E-state index contributed by atoms with van der Waals surface area (Å²) in [5.74, 6) is 0.628. The van der Waals surface area contributed by atoms with Gasteiger partial charge < -0.3 is 30.6 Å². The zero-order chi connectivity index (χ0) is 30.4. The molecule has 0 bridgehead atoms. The number of ether oxygens (including phenoxy) is 1. The van der Waals surface area contributed by atoms with Gasteiger partial charge in [-0.2, -0.15) is 5.10 Å². The van der Waals surface area contributed by atoms with Crippen LogP contribution in [-0.4, -0.2) is 85.5 Å². The second kappa shape index (κ2) is 11.2. The lowest BCUT2D eigenvalue weighted by atomic mass is 10.0. The number of carbonyl (C=O) groups excluding carboxylic acids is 1. The van der Waals surface area contributed by atoms with Crippen LogP contribution < -0.4 is 21.1 Å². The van der Waals surface area contributed by atoms with Gasteiger partial charge >= 0.3 is 0 Å². The first-order valence-corrected chi connectivity index (χ1v) is 14.6. The SMILES string of the molecule is COc1cc(-c2nn(C3CCN(CC4=CNCN4C)CC3)c3ncnc(N)c23)ccc1NC(=O)c1cc2cnccc2n1C. The van der Waals surface area contributed by atoms with E-state index in [4.69, 9.17) is 15.6 Å². The number of nitrogens with two attached hydrogens (primary N) is 1. The number of nitrogen functional groups attached to an aromatic ring is 1. The number of nitrogens with zero attached hydrogens (tertiary/aromatic N) is 8. The summed E-state index contributed by atoms with van der Waals surface area (Å²) in [5.41, 5.74) is 11.9. The minimum Gasteiger partial charge on any atom is -0.495 e. The number of carbonyl (C=O) groups is 1. The van der Waals surface area contributed by atoms with E-state index in [0.717, 1.165) is 61.3 Å². The summed E-state index contributed by atoms with van der Waals surface area (Å²) in [5, 5.41) is 13.0. The molecule has 0 saturated carbocycles. The molecule has 4 N–H and O–H groups in total. The summed E-state index contributed by atoms with van der Waals surface area (Å²) in [6, 6.07) is 9.48.